The Morgan fingerprint density at radius 2 is 2.07 bits per heavy atom. The molecule has 0 spiro atoms. The predicted molar refractivity (Wildman–Crippen MR) is 113 cm³/mol. The molecular weight excluding hydrogens is 388 g/mol. The van der Waals surface area contributed by atoms with Gasteiger partial charge in [-0.05, 0) is 25.1 Å². The number of thiazole rings is 1. The lowest BCUT2D eigenvalue weighted by atomic mass is 10.2. The molecule has 1 saturated heterocycles. The molecule has 8 heteroatoms. The number of anilines is 1. The molecule has 148 valence electrons. The van der Waals surface area contributed by atoms with Crippen molar-refractivity contribution in [1.29, 1.82) is 5.26 Å². The van der Waals surface area contributed by atoms with Crippen LogP contribution in [-0.2, 0) is 4.74 Å². The topological polar surface area (TPSA) is 82.6 Å². The van der Waals surface area contributed by atoms with Crippen LogP contribution in [0.5, 0.6) is 0 Å². The highest BCUT2D eigenvalue weighted by atomic mass is 32.1. The Morgan fingerprint density at radius 3 is 2.79 bits per heavy atom. The molecule has 4 rings (SSSR count). The van der Waals surface area contributed by atoms with E-state index in [4.69, 9.17) is 9.15 Å². The molecule has 29 heavy (non-hydrogen) atoms. The van der Waals surface area contributed by atoms with Gasteiger partial charge in [0, 0.05) is 38.3 Å². The smallest absolute Gasteiger partial charge is 0.409 e. The first-order valence-electron chi connectivity index (χ1n) is 9.42. The Hall–Kier alpha value is -3.31. The number of rotatable bonds is 4. The van der Waals surface area contributed by atoms with Gasteiger partial charge < -0.3 is 19.0 Å². The number of furan rings is 1. The SMILES string of the molecule is CCOC(=O)N1CCN(c2ccc(/C=C(\C#N)c3nc4ccccc4s3)o2)CC1. The molecule has 0 atom stereocenters. The summed E-state index contributed by atoms with van der Waals surface area (Å²) < 4.78 is 12.0. The molecule has 1 aliphatic heterocycles. The van der Waals surface area contributed by atoms with Gasteiger partial charge in [0.1, 0.15) is 16.8 Å². The maximum absolute atomic E-state index is 11.8. The van der Waals surface area contributed by atoms with Crippen LogP contribution in [0, 0.1) is 11.3 Å². The Morgan fingerprint density at radius 1 is 1.28 bits per heavy atom. The Balaban J connectivity index is 1.47. The molecule has 1 amide bonds. The Bertz CT molecular complexity index is 1050. The summed E-state index contributed by atoms with van der Waals surface area (Å²) in [5.74, 6) is 1.32. The number of allylic oxidation sites excluding steroid dienone is 1. The van der Waals surface area contributed by atoms with Crippen LogP contribution >= 0.6 is 11.3 Å². The molecule has 2 aromatic heterocycles. The van der Waals surface area contributed by atoms with Crippen LogP contribution < -0.4 is 4.90 Å². The maximum Gasteiger partial charge on any atom is 0.409 e. The lowest BCUT2D eigenvalue weighted by Gasteiger charge is -2.33. The average Bonchev–Trinajstić information content (AvgIpc) is 3.39. The van der Waals surface area contributed by atoms with Crippen molar-refractivity contribution in [3.8, 4) is 6.07 Å². The van der Waals surface area contributed by atoms with Gasteiger partial charge in [-0.1, -0.05) is 12.1 Å². The van der Waals surface area contributed by atoms with E-state index in [9.17, 15) is 10.1 Å². The normalized spacial score (nSPS) is 14.8. The second-order valence-corrected chi connectivity index (χ2v) is 7.54. The number of para-hydroxylation sites is 1. The van der Waals surface area contributed by atoms with Gasteiger partial charge in [-0.3, -0.25) is 0 Å². The van der Waals surface area contributed by atoms with Gasteiger partial charge in [0.25, 0.3) is 0 Å². The number of amides is 1. The molecular formula is C21H20N4O3S. The van der Waals surface area contributed by atoms with Crippen molar-refractivity contribution in [2.24, 2.45) is 0 Å². The number of fused-ring (bicyclic) bond motifs is 1. The van der Waals surface area contributed by atoms with Crippen LogP contribution in [0.3, 0.4) is 0 Å². The van der Waals surface area contributed by atoms with Gasteiger partial charge in [0.05, 0.1) is 22.4 Å². The fraction of sp³-hybridized carbons (Fsp3) is 0.286. The zero-order valence-electron chi connectivity index (χ0n) is 16.0. The van der Waals surface area contributed by atoms with E-state index in [2.05, 4.69) is 16.0 Å². The number of aromatic nitrogens is 1. The van der Waals surface area contributed by atoms with Crippen molar-refractivity contribution >= 4 is 45.2 Å². The minimum absolute atomic E-state index is 0.273. The summed E-state index contributed by atoms with van der Waals surface area (Å²) >= 11 is 1.49. The van der Waals surface area contributed by atoms with Gasteiger partial charge in [-0.15, -0.1) is 11.3 Å². The molecule has 1 aliphatic rings. The number of nitriles is 1. The van der Waals surface area contributed by atoms with Crippen molar-refractivity contribution in [2.45, 2.75) is 6.92 Å². The molecule has 0 unspecified atom stereocenters. The highest BCUT2D eigenvalue weighted by Crippen LogP contribution is 2.29. The summed E-state index contributed by atoms with van der Waals surface area (Å²) in [6.07, 6.45) is 1.44. The third-order valence-electron chi connectivity index (χ3n) is 4.66. The average molecular weight is 408 g/mol. The number of carbonyl (C=O) groups is 1. The van der Waals surface area contributed by atoms with Gasteiger partial charge in [0.15, 0.2) is 5.88 Å². The molecule has 0 radical (unpaired) electrons. The lowest BCUT2D eigenvalue weighted by Crippen LogP contribution is -2.48. The van der Waals surface area contributed by atoms with Crippen molar-refractivity contribution in [3.63, 3.8) is 0 Å². The molecule has 3 aromatic rings. The van der Waals surface area contributed by atoms with E-state index in [1.807, 2.05) is 36.4 Å². The summed E-state index contributed by atoms with van der Waals surface area (Å²) in [5, 5.41) is 10.3. The Labute approximate surface area is 172 Å². The van der Waals surface area contributed by atoms with Crippen LogP contribution in [0.25, 0.3) is 21.9 Å². The van der Waals surface area contributed by atoms with Crippen LogP contribution in [0.2, 0.25) is 0 Å². The number of carbonyl (C=O) groups excluding carboxylic acids is 1. The summed E-state index contributed by atoms with van der Waals surface area (Å²) in [7, 11) is 0. The highest BCUT2D eigenvalue weighted by Gasteiger charge is 2.23. The van der Waals surface area contributed by atoms with Crippen LogP contribution in [0.1, 0.15) is 17.7 Å². The molecule has 0 aliphatic carbocycles. The highest BCUT2D eigenvalue weighted by molar-refractivity contribution is 7.19. The Kier molecular flexibility index (Phi) is 5.49. The molecule has 1 aromatic carbocycles. The standard InChI is InChI=1S/C21H20N4O3S/c1-2-27-21(26)25-11-9-24(10-12-25)19-8-7-16(28-19)13-15(14-22)20-23-17-5-3-4-6-18(17)29-20/h3-8,13H,2,9-12H2,1H3/b15-13+. The second kappa shape index (κ2) is 8.37. The van der Waals surface area contributed by atoms with E-state index in [0.29, 0.717) is 49.1 Å². The molecule has 0 saturated carbocycles. The molecule has 0 N–H and O–H groups in total. The molecule has 1 fully saturated rings. The number of hydrogen-bond donors (Lipinski definition) is 0. The minimum Gasteiger partial charge on any atom is -0.450 e. The number of benzene rings is 1. The zero-order valence-corrected chi connectivity index (χ0v) is 16.8. The number of ether oxygens (including phenoxy) is 1. The molecule has 3 heterocycles. The summed E-state index contributed by atoms with van der Waals surface area (Å²) in [4.78, 5) is 20.1. The fourth-order valence-corrected chi connectivity index (χ4v) is 4.12. The predicted octanol–water partition coefficient (Wildman–Crippen LogP) is 4.23. The zero-order chi connectivity index (χ0) is 20.2. The van der Waals surface area contributed by atoms with Crippen LogP contribution in [0.4, 0.5) is 10.7 Å². The van der Waals surface area contributed by atoms with Crippen molar-refractivity contribution < 1.29 is 13.9 Å². The second-order valence-electron chi connectivity index (χ2n) is 6.51. The van der Waals surface area contributed by atoms with E-state index in [1.165, 1.54) is 11.3 Å². The van der Waals surface area contributed by atoms with E-state index >= 15 is 0 Å². The quantitative estimate of drug-likeness (QED) is 0.601. The summed E-state index contributed by atoms with van der Waals surface area (Å²) in [6.45, 7) is 4.68. The van der Waals surface area contributed by atoms with E-state index in [-0.39, 0.29) is 6.09 Å². The molecule has 7 nitrogen and oxygen atoms in total. The first-order chi connectivity index (χ1) is 14.2. The fourth-order valence-electron chi connectivity index (χ4n) is 3.19. The van der Waals surface area contributed by atoms with Crippen molar-refractivity contribution in [3.05, 3.63) is 47.2 Å². The number of nitrogens with zero attached hydrogens (tertiary/aromatic N) is 4. The number of hydrogen-bond acceptors (Lipinski definition) is 7. The van der Waals surface area contributed by atoms with Gasteiger partial charge in [-0.25, -0.2) is 9.78 Å². The lowest BCUT2D eigenvalue weighted by molar-refractivity contribution is 0.104. The third kappa shape index (κ3) is 4.10. The largest absolute Gasteiger partial charge is 0.450 e. The van der Waals surface area contributed by atoms with E-state index in [1.54, 1.807) is 17.9 Å². The van der Waals surface area contributed by atoms with Gasteiger partial charge in [0.2, 0.25) is 0 Å². The molecule has 0 bridgehead atoms. The van der Waals surface area contributed by atoms with Crippen molar-refractivity contribution in [2.75, 3.05) is 37.7 Å². The van der Waals surface area contributed by atoms with Crippen molar-refractivity contribution in [1.82, 2.24) is 9.88 Å². The first-order valence-corrected chi connectivity index (χ1v) is 10.2. The maximum atomic E-state index is 11.8. The monoisotopic (exact) mass is 408 g/mol. The van der Waals surface area contributed by atoms with Gasteiger partial charge in [-0.2, -0.15) is 5.26 Å². The number of piperazine rings is 1. The minimum atomic E-state index is -0.273. The van der Waals surface area contributed by atoms with Crippen LogP contribution in [-0.4, -0.2) is 48.8 Å². The van der Waals surface area contributed by atoms with Gasteiger partial charge >= 0.3 is 6.09 Å². The first kappa shape index (κ1) is 19.0. The van der Waals surface area contributed by atoms with E-state index < -0.39 is 0 Å². The van der Waals surface area contributed by atoms with Crippen LogP contribution in [0.15, 0.2) is 40.8 Å². The summed E-state index contributed by atoms with van der Waals surface area (Å²) in [6, 6.07) is 13.8. The summed E-state index contributed by atoms with van der Waals surface area (Å²) in [5.41, 5.74) is 1.35. The van der Waals surface area contributed by atoms with E-state index in [0.717, 1.165) is 16.1 Å². The third-order valence-corrected chi connectivity index (χ3v) is 5.73.